The summed E-state index contributed by atoms with van der Waals surface area (Å²) in [7, 11) is -3.86. The third-order valence-electron chi connectivity index (χ3n) is 3.29. The van der Waals surface area contributed by atoms with Crippen molar-refractivity contribution in [1.29, 1.82) is 0 Å². The number of benzene rings is 2. The first kappa shape index (κ1) is 16.4. The Balaban J connectivity index is 2.12. The van der Waals surface area contributed by atoms with Gasteiger partial charge in [-0.05, 0) is 36.4 Å². The Bertz CT molecular complexity index is 1020. The summed E-state index contributed by atoms with van der Waals surface area (Å²) in [6.45, 7) is 3.65. The van der Waals surface area contributed by atoms with Crippen LogP contribution in [0.1, 0.15) is 0 Å². The minimum absolute atomic E-state index is 0.0411. The predicted molar refractivity (Wildman–Crippen MR) is 95.2 cm³/mol. The molecule has 1 aromatic heterocycles. The number of nitrogen functional groups attached to an aromatic ring is 1. The normalized spacial score (nSPS) is 11.5. The van der Waals surface area contributed by atoms with E-state index in [0.717, 1.165) is 15.6 Å². The van der Waals surface area contributed by atoms with Crippen molar-refractivity contribution in [3.63, 3.8) is 0 Å². The second-order valence-electron chi connectivity index (χ2n) is 5.01. The molecule has 0 saturated heterocycles. The highest BCUT2D eigenvalue weighted by atomic mass is 32.2. The lowest BCUT2D eigenvalue weighted by Gasteiger charge is -2.20. The van der Waals surface area contributed by atoms with E-state index in [2.05, 4.69) is 11.6 Å². The zero-order valence-electron chi connectivity index (χ0n) is 12.5. The summed E-state index contributed by atoms with van der Waals surface area (Å²) in [6, 6.07) is 10.2. The summed E-state index contributed by atoms with van der Waals surface area (Å²) in [4.78, 5) is 4.37. The van der Waals surface area contributed by atoms with Crippen LogP contribution in [0.3, 0.4) is 0 Å². The van der Waals surface area contributed by atoms with Gasteiger partial charge in [0.25, 0.3) is 10.0 Å². The molecule has 8 heteroatoms. The van der Waals surface area contributed by atoms with E-state index in [1.807, 2.05) is 0 Å². The Morgan fingerprint density at radius 3 is 2.79 bits per heavy atom. The molecule has 0 aliphatic heterocycles. The number of aromatic nitrogens is 1. The molecule has 0 spiro atoms. The Morgan fingerprint density at radius 2 is 2.08 bits per heavy atom. The number of halogens is 1. The monoisotopic (exact) mass is 363 g/mol. The summed E-state index contributed by atoms with van der Waals surface area (Å²) in [5.74, 6) is -0.397. The van der Waals surface area contributed by atoms with Gasteiger partial charge in [0, 0.05) is 5.69 Å². The first-order chi connectivity index (χ1) is 11.4. The molecule has 3 rings (SSSR count). The Kier molecular flexibility index (Phi) is 4.25. The lowest BCUT2D eigenvalue weighted by atomic mass is 10.3. The van der Waals surface area contributed by atoms with Gasteiger partial charge in [0.2, 0.25) is 5.13 Å². The molecule has 124 valence electrons. The summed E-state index contributed by atoms with van der Waals surface area (Å²) >= 11 is 1.10. The molecule has 0 atom stereocenters. The van der Waals surface area contributed by atoms with Crippen LogP contribution in [0.25, 0.3) is 10.2 Å². The average Bonchev–Trinajstić information content (AvgIpc) is 2.94. The SMILES string of the molecule is C=CCN(c1nc2ccc(F)cc2s1)S(=O)(=O)c1cccc(N)c1. The third kappa shape index (κ3) is 2.98. The molecule has 0 aliphatic rings. The molecule has 2 N–H and O–H groups in total. The lowest BCUT2D eigenvalue weighted by Crippen LogP contribution is -2.31. The summed E-state index contributed by atoms with van der Waals surface area (Å²) < 4.78 is 40.9. The van der Waals surface area contributed by atoms with Gasteiger partial charge in [-0.25, -0.2) is 22.1 Å². The number of nitrogens with zero attached hydrogens (tertiary/aromatic N) is 2. The zero-order valence-corrected chi connectivity index (χ0v) is 14.1. The fraction of sp³-hybridized carbons (Fsp3) is 0.0625. The fourth-order valence-corrected chi connectivity index (χ4v) is 4.84. The van der Waals surface area contributed by atoms with E-state index < -0.39 is 15.8 Å². The second kappa shape index (κ2) is 6.21. The standard InChI is InChI=1S/C16H14FN3O2S2/c1-2-8-20(24(21,22)13-5-3-4-12(18)10-13)16-19-14-7-6-11(17)9-15(14)23-16/h2-7,9-10H,1,8,18H2. The van der Waals surface area contributed by atoms with Gasteiger partial charge in [0.05, 0.1) is 21.7 Å². The minimum atomic E-state index is -3.86. The molecule has 0 unspecified atom stereocenters. The van der Waals surface area contributed by atoms with Crippen molar-refractivity contribution in [2.75, 3.05) is 16.6 Å². The molecule has 1 heterocycles. The maximum absolute atomic E-state index is 13.4. The quantitative estimate of drug-likeness (QED) is 0.557. The van der Waals surface area contributed by atoms with Crippen molar-refractivity contribution >= 4 is 42.4 Å². The first-order valence-electron chi connectivity index (χ1n) is 6.97. The molecule has 5 nitrogen and oxygen atoms in total. The van der Waals surface area contributed by atoms with Crippen LogP contribution in [-0.2, 0) is 10.0 Å². The molecule has 0 aliphatic carbocycles. The lowest BCUT2D eigenvalue weighted by molar-refractivity contribution is 0.593. The van der Waals surface area contributed by atoms with Crippen molar-refractivity contribution in [2.45, 2.75) is 4.90 Å². The maximum Gasteiger partial charge on any atom is 0.266 e. The number of nitrogens with two attached hydrogens (primary N) is 1. The van der Waals surface area contributed by atoms with E-state index in [4.69, 9.17) is 5.73 Å². The van der Waals surface area contributed by atoms with Crippen LogP contribution in [0.2, 0.25) is 0 Å². The number of fused-ring (bicyclic) bond motifs is 1. The van der Waals surface area contributed by atoms with E-state index in [1.54, 1.807) is 12.1 Å². The van der Waals surface area contributed by atoms with Gasteiger partial charge in [0.1, 0.15) is 5.82 Å². The number of rotatable bonds is 5. The third-order valence-corrected chi connectivity index (χ3v) is 6.20. The van der Waals surface area contributed by atoms with Gasteiger partial charge in [0.15, 0.2) is 0 Å². The van der Waals surface area contributed by atoms with Gasteiger partial charge < -0.3 is 5.73 Å². The fourth-order valence-electron chi connectivity index (χ4n) is 2.19. The Hall–Kier alpha value is -2.45. The molecule has 3 aromatic rings. The number of hydrogen-bond acceptors (Lipinski definition) is 5. The molecular weight excluding hydrogens is 349 g/mol. The summed E-state index contributed by atoms with van der Waals surface area (Å²) in [5, 5.41) is 0.248. The van der Waals surface area contributed by atoms with Crippen molar-refractivity contribution in [1.82, 2.24) is 4.98 Å². The molecule has 24 heavy (non-hydrogen) atoms. The zero-order chi connectivity index (χ0) is 17.3. The van der Waals surface area contributed by atoms with E-state index in [0.29, 0.717) is 15.9 Å². The molecule has 0 amide bonds. The molecule has 2 aromatic carbocycles. The van der Waals surface area contributed by atoms with Gasteiger partial charge in [-0.2, -0.15) is 0 Å². The summed E-state index contributed by atoms with van der Waals surface area (Å²) in [6.07, 6.45) is 1.47. The molecule has 0 bridgehead atoms. The van der Waals surface area contributed by atoms with Crippen molar-refractivity contribution < 1.29 is 12.8 Å². The minimum Gasteiger partial charge on any atom is -0.399 e. The number of thiazole rings is 1. The highest BCUT2D eigenvalue weighted by molar-refractivity contribution is 7.93. The van der Waals surface area contributed by atoms with Gasteiger partial charge in [-0.3, -0.25) is 0 Å². The predicted octanol–water partition coefficient (Wildman–Crippen LogP) is 3.40. The molecule has 0 radical (unpaired) electrons. The topological polar surface area (TPSA) is 76.3 Å². The van der Waals surface area contributed by atoms with Crippen LogP contribution in [-0.4, -0.2) is 19.9 Å². The van der Waals surface area contributed by atoms with Crippen molar-refractivity contribution in [2.24, 2.45) is 0 Å². The second-order valence-corrected chi connectivity index (χ2v) is 7.88. The smallest absolute Gasteiger partial charge is 0.266 e. The number of anilines is 2. The highest BCUT2D eigenvalue weighted by Gasteiger charge is 2.27. The van der Waals surface area contributed by atoms with Gasteiger partial charge in [-0.1, -0.05) is 23.5 Å². The first-order valence-corrected chi connectivity index (χ1v) is 9.23. The van der Waals surface area contributed by atoms with Crippen molar-refractivity contribution in [3.05, 3.63) is 60.9 Å². The van der Waals surface area contributed by atoms with Crippen molar-refractivity contribution in [3.8, 4) is 0 Å². The van der Waals surface area contributed by atoms with E-state index in [9.17, 15) is 12.8 Å². The maximum atomic E-state index is 13.4. The largest absolute Gasteiger partial charge is 0.399 e. The van der Waals surface area contributed by atoms with Crippen LogP contribution < -0.4 is 10.0 Å². The van der Waals surface area contributed by atoms with Crippen LogP contribution in [0.15, 0.2) is 60.0 Å². The molecular formula is C16H14FN3O2S2. The van der Waals surface area contributed by atoms with Gasteiger partial charge >= 0.3 is 0 Å². The molecule has 0 fully saturated rings. The van der Waals surface area contributed by atoms with E-state index >= 15 is 0 Å². The van der Waals surface area contributed by atoms with Crippen LogP contribution in [0.5, 0.6) is 0 Å². The van der Waals surface area contributed by atoms with Crippen LogP contribution >= 0.6 is 11.3 Å². The molecule has 0 saturated carbocycles. The number of sulfonamides is 1. The number of hydrogen-bond donors (Lipinski definition) is 1. The van der Waals surface area contributed by atoms with E-state index in [-0.39, 0.29) is 16.6 Å². The van der Waals surface area contributed by atoms with Crippen LogP contribution in [0, 0.1) is 5.82 Å². The Labute approximate surface area is 142 Å². The average molecular weight is 363 g/mol. The van der Waals surface area contributed by atoms with Gasteiger partial charge in [-0.15, -0.1) is 6.58 Å². The van der Waals surface area contributed by atoms with Crippen LogP contribution in [0.4, 0.5) is 15.2 Å². The summed E-state index contributed by atoms with van der Waals surface area (Å²) in [5.41, 5.74) is 6.57. The highest BCUT2D eigenvalue weighted by Crippen LogP contribution is 2.32. The van der Waals surface area contributed by atoms with E-state index in [1.165, 1.54) is 36.4 Å². The Morgan fingerprint density at radius 1 is 1.29 bits per heavy atom.